The van der Waals surface area contributed by atoms with E-state index in [9.17, 15) is 4.79 Å². The molecule has 0 saturated carbocycles. The van der Waals surface area contributed by atoms with Gasteiger partial charge in [-0.3, -0.25) is 10.1 Å². The molecular formula is C21H24BrN3O2. The highest BCUT2D eigenvalue weighted by Crippen LogP contribution is 2.16. The van der Waals surface area contributed by atoms with E-state index in [1.807, 2.05) is 56.3 Å². The van der Waals surface area contributed by atoms with E-state index in [2.05, 4.69) is 31.6 Å². The van der Waals surface area contributed by atoms with Gasteiger partial charge in [-0.2, -0.15) is 0 Å². The Morgan fingerprint density at radius 2 is 2.07 bits per heavy atom. The third kappa shape index (κ3) is 5.65. The average molecular weight is 430 g/mol. The number of halogens is 1. The number of ether oxygens (including phenoxy) is 1. The van der Waals surface area contributed by atoms with Crippen LogP contribution in [-0.2, 0) is 4.74 Å². The zero-order chi connectivity index (χ0) is 19.2. The molecule has 3 rings (SSSR count). The molecule has 1 aliphatic heterocycles. The van der Waals surface area contributed by atoms with Crippen molar-refractivity contribution in [1.82, 2.24) is 5.32 Å². The highest BCUT2D eigenvalue weighted by Gasteiger charge is 2.16. The number of rotatable bonds is 4. The largest absolute Gasteiger partial charge is 0.376 e. The summed E-state index contributed by atoms with van der Waals surface area (Å²) in [7, 11) is 0. The molecule has 1 amide bonds. The molecule has 0 radical (unpaired) electrons. The minimum atomic E-state index is -0.188. The van der Waals surface area contributed by atoms with Gasteiger partial charge in [0.05, 0.1) is 12.6 Å². The van der Waals surface area contributed by atoms with Gasteiger partial charge in [0, 0.05) is 22.3 Å². The second-order valence-corrected chi connectivity index (χ2v) is 7.63. The summed E-state index contributed by atoms with van der Waals surface area (Å²) in [5, 5.41) is 6.10. The number of hydrogen-bond donors (Lipinski definition) is 2. The molecule has 2 aromatic carbocycles. The van der Waals surface area contributed by atoms with E-state index in [1.54, 1.807) is 0 Å². The molecule has 27 heavy (non-hydrogen) atoms. The standard InChI is InChI=1S/C21H24BrN3O2/c1-14-8-9-16(11-15(14)2)20(26)25-21(23-13-19-7-4-10-27-19)24-18-6-3-5-17(22)12-18/h3,5-6,8-9,11-12,19H,4,7,10,13H2,1-2H3,(H2,23,24,25,26)/t19-/m1/s1. The van der Waals surface area contributed by atoms with E-state index in [0.717, 1.165) is 40.7 Å². The maximum absolute atomic E-state index is 12.7. The maximum Gasteiger partial charge on any atom is 0.257 e. The highest BCUT2D eigenvalue weighted by atomic mass is 79.9. The van der Waals surface area contributed by atoms with Crippen LogP contribution in [0.25, 0.3) is 0 Å². The molecule has 0 aliphatic carbocycles. The second-order valence-electron chi connectivity index (χ2n) is 6.71. The number of anilines is 1. The molecule has 0 bridgehead atoms. The van der Waals surface area contributed by atoms with Crippen molar-refractivity contribution in [1.29, 1.82) is 0 Å². The number of guanidine groups is 1. The predicted molar refractivity (Wildman–Crippen MR) is 112 cm³/mol. The highest BCUT2D eigenvalue weighted by molar-refractivity contribution is 9.10. The van der Waals surface area contributed by atoms with Crippen molar-refractivity contribution >= 4 is 33.5 Å². The van der Waals surface area contributed by atoms with Crippen LogP contribution in [0.15, 0.2) is 51.9 Å². The Hall–Kier alpha value is -2.18. The topological polar surface area (TPSA) is 62.7 Å². The number of nitrogens with zero attached hydrogens (tertiary/aromatic N) is 1. The van der Waals surface area contributed by atoms with Gasteiger partial charge in [0.1, 0.15) is 0 Å². The number of aryl methyl sites for hydroxylation is 2. The van der Waals surface area contributed by atoms with Gasteiger partial charge in [0.15, 0.2) is 0 Å². The number of nitrogens with one attached hydrogen (secondary N) is 2. The summed E-state index contributed by atoms with van der Waals surface area (Å²) >= 11 is 3.46. The number of carbonyl (C=O) groups excluding carboxylic acids is 1. The summed E-state index contributed by atoms with van der Waals surface area (Å²) in [6.07, 6.45) is 2.17. The van der Waals surface area contributed by atoms with Crippen LogP contribution in [0.4, 0.5) is 5.69 Å². The van der Waals surface area contributed by atoms with E-state index in [1.165, 1.54) is 0 Å². The lowest BCUT2D eigenvalue weighted by Crippen LogP contribution is -2.36. The first-order chi connectivity index (χ1) is 13.0. The fourth-order valence-corrected chi connectivity index (χ4v) is 3.26. The van der Waals surface area contributed by atoms with Gasteiger partial charge >= 0.3 is 0 Å². The molecule has 1 saturated heterocycles. The molecule has 1 heterocycles. The summed E-state index contributed by atoms with van der Waals surface area (Å²) in [6.45, 7) is 5.33. The van der Waals surface area contributed by atoms with E-state index in [-0.39, 0.29) is 12.0 Å². The molecule has 2 N–H and O–H groups in total. The Bertz CT molecular complexity index is 845. The van der Waals surface area contributed by atoms with Crippen LogP contribution in [0.1, 0.15) is 34.3 Å². The van der Waals surface area contributed by atoms with Crippen LogP contribution >= 0.6 is 15.9 Å². The molecule has 1 fully saturated rings. The Labute approximate surface area is 168 Å². The molecule has 1 atom stereocenters. The third-order valence-electron chi connectivity index (χ3n) is 4.57. The molecule has 2 aromatic rings. The average Bonchev–Trinajstić information content (AvgIpc) is 3.15. The van der Waals surface area contributed by atoms with Crippen LogP contribution in [0, 0.1) is 13.8 Å². The van der Waals surface area contributed by atoms with Crippen molar-refractivity contribution in [3.8, 4) is 0 Å². The Balaban J connectivity index is 1.76. The van der Waals surface area contributed by atoms with Crippen molar-refractivity contribution in [3.05, 3.63) is 63.6 Å². The van der Waals surface area contributed by atoms with Gasteiger partial charge in [-0.1, -0.05) is 28.1 Å². The van der Waals surface area contributed by atoms with Crippen molar-refractivity contribution in [2.75, 3.05) is 18.5 Å². The molecular weight excluding hydrogens is 406 g/mol. The molecule has 6 heteroatoms. The van der Waals surface area contributed by atoms with Gasteiger partial charge in [0.25, 0.3) is 5.91 Å². The number of carbonyl (C=O) groups is 1. The van der Waals surface area contributed by atoms with Crippen molar-refractivity contribution < 1.29 is 9.53 Å². The van der Waals surface area contributed by atoms with Crippen LogP contribution in [0.5, 0.6) is 0 Å². The molecule has 142 valence electrons. The smallest absolute Gasteiger partial charge is 0.257 e. The first kappa shape index (κ1) is 19.6. The zero-order valence-electron chi connectivity index (χ0n) is 15.6. The summed E-state index contributed by atoms with van der Waals surface area (Å²) in [5.74, 6) is 0.235. The fourth-order valence-electron chi connectivity index (χ4n) is 2.86. The summed E-state index contributed by atoms with van der Waals surface area (Å²) in [6, 6.07) is 13.4. The number of hydrogen-bond acceptors (Lipinski definition) is 3. The molecule has 1 aliphatic rings. The van der Waals surface area contributed by atoms with Crippen LogP contribution in [0.2, 0.25) is 0 Å². The number of benzene rings is 2. The second kappa shape index (κ2) is 9.15. The summed E-state index contributed by atoms with van der Waals surface area (Å²) in [4.78, 5) is 17.3. The van der Waals surface area contributed by atoms with Gasteiger partial charge < -0.3 is 10.1 Å². The minimum Gasteiger partial charge on any atom is -0.376 e. The van der Waals surface area contributed by atoms with Crippen molar-refractivity contribution in [2.45, 2.75) is 32.8 Å². The maximum atomic E-state index is 12.7. The van der Waals surface area contributed by atoms with Crippen LogP contribution in [0.3, 0.4) is 0 Å². The van der Waals surface area contributed by atoms with Crippen molar-refractivity contribution in [3.63, 3.8) is 0 Å². The SMILES string of the molecule is Cc1ccc(C(=O)NC(=NC[C@H]2CCCO2)Nc2cccc(Br)c2)cc1C. The van der Waals surface area contributed by atoms with E-state index >= 15 is 0 Å². The molecule has 0 unspecified atom stereocenters. The lowest BCUT2D eigenvalue weighted by molar-refractivity contribution is 0.0975. The quantitative estimate of drug-likeness (QED) is 0.557. The number of amides is 1. The van der Waals surface area contributed by atoms with Crippen molar-refractivity contribution in [2.24, 2.45) is 4.99 Å². The van der Waals surface area contributed by atoms with E-state index in [4.69, 9.17) is 4.74 Å². The Kier molecular flexibility index (Phi) is 6.63. The lowest BCUT2D eigenvalue weighted by atomic mass is 10.1. The van der Waals surface area contributed by atoms with Gasteiger partial charge in [-0.05, 0) is 68.1 Å². The molecule has 0 spiro atoms. The van der Waals surface area contributed by atoms with Gasteiger partial charge in [-0.15, -0.1) is 0 Å². The predicted octanol–water partition coefficient (Wildman–Crippen LogP) is 4.44. The van der Waals surface area contributed by atoms with Gasteiger partial charge in [-0.25, -0.2) is 4.99 Å². The normalized spacial score (nSPS) is 17.0. The fraction of sp³-hybridized carbons (Fsp3) is 0.333. The summed E-state index contributed by atoms with van der Waals surface area (Å²) < 4.78 is 6.59. The third-order valence-corrected chi connectivity index (χ3v) is 5.06. The first-order valence-electron chi connectivity index (χ1n) is 9.08. The Morgan fingerprint density at radius 1 is 1.22 bits per heavy atom. The monoisotopic (exact) mass is 429 g/mol. The van der Waals surface area contributed by atoms with Gasteiger partial charge in [0.2, 0.25) is 5.96 Å². The van der Waals surface area contributed by atoms with E-state index in [0.29, 0.717) is 18.1 Å². The van der Waals surface area contributed by atoms with Crippen LogP contribution in [-0.4, -0.2) is 31.1 Å². The molecule has 5 nitrogen and oxygen atoms in total. The lowest BCUT2D eigenvalue weighted by Gasteiger charge is -2.14. The zero-order valence-corrected chi connectivity index (χ0v) is 17.2. The first-order valence-corrected chi connectivity index (χ1v) is 9.88. The molecule has 0 aromatic heterocycles. The summed E-state index contributed by atoms with van der Waals surface area (Å²) in [5.41, 5.74) is 3.70. The Morgan fingerprint density at radius 3 is 2.78 bits per heavy atom. The number of aliphatic imine (C=N–C) groups is 1. The van der Waals surface area contributed by atoms with E-state index < -0.39 is 0 Å². The minimum absolute atomic E-state index is 0.114. The van der Waals surface area contributed by atoms with Crippen LogP contribution < -0.4 is 10.6 Å².